The molecule has 0 fully saturated rings. The van der Waals surface area contributed by atoms with E-state index in [0.717, 1.165) is 22.1 Å². The molecule has 3 heteroatoms. The summed E-state index contributed by atoms with van der Waals surface area (Å²) in [7, 11) is 1.61. The van der Waals surface area contributed by atoms with Gasteiger partial charge in [0.25, 0.3) is 0 Å². The summed E-state index contributed by atoms with van der Waals surface area (Å²) in [6.45, 7) is 0. The highest BCUT2D eigenvalue weighted by atomic mass is 16.5. The number of carbonyl (C=O) groups excluding carboxylic acids is 1. The fourth-order valence-electron chi connectivity index (χ4n) is 2.29. The van der Waals surface area contributed by atoms with Gasteiger partial charge >= 0.3 is 5.97 Å². The number of rotatable bonds is 4. The van der Waals surface area contributed by atoms with E-state index in [4.69, 9.17) is 9.47 Å². The topological polar surface area (TPSA) is 35.5 Å². The van der Waals surface area contributed by atoms with E-state index >= 15 is 0 Å². The number of hydrogen-bond donors (Lipinski definition) is 0. The van der Waals surface area contributed by atoms with Gasteiger partial charge in [-0.15, -0.1) is 0 Å². The van der Waals surface area contributed by atoms with Crippen LogP contribution in [0, 0.1) is 0 Å². The monoisotopic (exact) mass is 304 g/mol. The zero-order valence-corrected chi connectivity index (χ0v) is 12.7. The Morgan fingerprint density at radius 2 is 1.70 bits per heavy atom. The molecule has 0 aliphatic carbocycles. The van der Waals surface area contributed by atoms with E-state index in [1.807, 2.05) is 60.7 Å². The standard InChI is InChI=1S/C20H16O3/c1-22-18-8-4-5-15(13-18)9-12-20(21)23-19-11-10-16-6-2-3-7-17(16)14-19/h2-14H,1H3. The molecule has 0 aromatic heterocycles. The molecule has 23 heavy (non-hydrogen) atoms. The molecule has 0 aliphatic rings. The molecule has 114 valence electrons. The molecule has 3 aromatic carbocycles. The predicted molar refractivity (Wildman–Crippen MR) is 91.6 cm³/mol. The Balaban J connectivity index is 1.71. The first-order valence-electron chi connectivity index (χ1n) is 7.27. The lowest BCUT2D eigenvalue weighted by Gasteiger charge is -2.03. The van der Waals surface area contributed by atoms with Crippen molar-refractivity contribution in [1.29, 1.82) is 0 Å². The van der Waals surface area contributed by atoms with Crippen LogP contribution in [0.15, 0.2) is 72.8 Å². The third-order valence-electron chi connectivity index (χ3n) is 3.45. The van der Waals surface area contributed by atoms with Crippen molar-refractivity contribution >= 4 is 22.8 Å². The van der Waals surface area contributed by atoms with Crippen molar-refractivity contribution in [2.75, 3.05) is 7.11 Å². The van der Waals surface area contributed by atoms with Crippen LogP contribution in [0.3, 0.4) is 0 Å². The Morgan fingerprint density at radius 3 is 2.52 bits per heavy atom. The SMILES string of the molecule is COc1cccc(C=CC(=O)Oc2ccc3ccccc3c2)c1. The van der Waals surface area contributed by atoms with Crippen LogP contribution in [0.25, 0.3) is 16.8 Å². The summed E-state index contributed by atoms with van der Waals surface area (Å²) >= 11 is 0. The zero-order valence-electron chi connectivity index (χ0n) is 12.7. The number of ether oxygens (including phenoxy) is 2. The first-order chi connectivity index (χ1) is 11.2. The van der Waals surface area contributed by atoms with Crippen molar-refractivity contribution in [3.8, 4) is 11.5 Å². The van der Waals surface area contributed by atoms with Crippen LogP contribution in [0.4, 0.5) is 0 Å². The average molecular weight is 304 g/mol. The number of benzene rings is 3. The normalized spacial score (nSPS) is 10.8. The van der Waals surface area contributed by atoms with Gasteiger partial charge in [-0.25, -0.2) is 4.79 Å². The van der Waals surface area contributed by atoms with Crippen molar-refractivity contribution in [2.24, 2.45) is 0 Å². The lowest BCUT2D eigenvalue weighted by molar-refractivity contribution is -0.128. The van der Waals surface area contributed by atoms with Crippen molar-refractivity contribution in [1.82, 2.24) is 0 Å². The van der Waals surface area contributed by atoms with Crippen LogP contribution in [0.5, 0.6) is 11.5 Å². The Bertz CT molecular complexity index is 865. The molecule has 0 radical (unpaired) electrons. The molecule has 0 heterocycles. The average Bonchev–Trinajstić information content (AvgIpc) is 2.60. The minimum atomic E-state index is -0.414. The van der Waals surface area contributed by atoms with E-state index in [2.05, 4.69) is 0 Å². The lowest BCUT2D eigenvalue weighted by Crippen LogP contribution is -2.03. The van der Waals surface area contributed by atoms with Crippen LogP contribution < -0.4 is 9.47 Å². The van der Waals surface area contributed by atoms with Gasteiger partial charge in [0.2, 0.25) is 0 Å². The first kappa shape index (κ1) is 14.9. The lowest BCUT2D eigenvalue weighted by atomic mass is 10.1. The molecule has 0 N–H and O–H groups in total. The highest BCUT2D eigenvalue weighted by molar-refractivity contribution is 5.90. The molecule has 0 bridgehead atoms. The summed E-state index contributed by atoms with van der Waals surface area (Å²) in [5, 5.41) is 2.15. The molecule has 3 rings (SSSR count). The van der Waals surface area contributed by atoms with Crippen molar-refractivity contribution in [3.05, 3.63) is 78.4 Å². The summed E-state index contributed by atoms with van der Waals surface area (Å²) in [4.78, 5) is 11.9. The second-order valence-corrected chi connectivity index (χ2v) is 5.04. The molecule has 0 saturated heterocycles. The van der Waals surface area contributed by atoms with Gasteiger partial charge in [-0.05, 0) is 46.7 Å². The fourth-order valence-corrected chi connectivity index (χ4v) is 2.29. The first-order valence-corrected chi connectivity index (χ1v) is 7.27. The highest BCUT2D eigenvalue weighted by Crippen LogP contribution is 2.21. The molecular weight excluding hydrogens is 288 g/mol. The van der Waals surface area contributed by atoms with Crippen molar-refractivity contribution < 1.29 is 14.3 Å². The van der Waals surface area contributed by atoms with E-state index < -0.39 is 5.97 Å². The molecule has 3 nitrogen and oxygen atoms in total. The van der Waals surface area contributed by atoms with Crippen molar-refractivity contribution in [2.45, 2.75) is 0 Å². The summed E-state index contributed by atoms with van der Waals surface area (Å²) < 4.78 is 10.5. The highest BCUT2D eigenvalue weighted by Gasteiger charge is 2.02. The van der Waals surface area contributed by atoms with E-state index in [9.17, 15) is 4.79 Å². The Hall–Kier alpha value is -3.07. The Kier molecular flexibility index (Phi) is 4.39. The van der Waals surface area contributed by atoms with Crippen molar-refractivity contribution in [3.63, 3.8) is 0 Å². The fraction of sp³-hybridized carbons (Fsp3) is 0.0500. The quantitative estimate of drug-likeness (QED) is 0.405. The van der Waals surface area contributed by atoms with Gasteiger partial charge in [-0.3, -0.25) is 0 Å². The van der Waals surface area contributed by atoms with Crippen LogP contribution in [-0.2, 0) is 4.79 Å². The van der Waals surface area contributed by atoms with Crippen LogP contribution >= 0.6 is 0 Å². The zero-order chi connectivity index (χ0) is 16.1. The number of hydrogen-bond acceptors (Lipinski definition) is 3. The van der Waals surface area contributed by atoms with Gasteiger partial charge in [0, 0.05) is 6.08 Å². The summed E-state index contributed by atoms with van der Waals surface area (Å²) in [6, 6.07) is 21.0. The summed E-state index contributed by atoms with van der Waals surface area (Å²) in [5.41, 5.74) is 0.875. The third kappa shape index (κ3) is 3.77. The number of methoxy groups -OCH3 is 1. The van der Waals surface area contributed by atoms with E-state index in [1.54, 1.807) is 19.3 Å². The third-order valence-corrected chi connectivity index (χ3v) is 3.45. The Labute approximate surface area is 134 Å². The second kappa shape index (κ2) is 6.79. The molecule has 0 aliphatic heterocycles. The minimum Gasteiger partial charge on any atom is -0.497 e. The van der Waals surface area contributed by atoms with Crippen LogP contribution in [0.1, 0.15) is 5.56 Å². The van der Waals surface area contributed by atoms with Gasteiger partial charge < -0.3 is 9.47 Å². The van der Waals surface area contributed by atoms with Gasteiger partial charge in [-0.1, -0.05) is 42.5 Å². The molecule has 3 aromatic rings. The Morgan fingerprint density at radius 1 is 0.870 bits per heavy atom. The van der Waals surface area contributed by atoms with Gasteiger partial charge in [-0.2, -0.15) is 0 Å². The van der Waals surface area contributed by atoms with Crippen LogP contribution in [-0.4, -0.2) is 13.1 Å². The largest absolute Gasteiger partial charge is 0.497 e. The summed E-state index contributed by atoms with van der Waals surface area (Å²) in [5.74, 6) is 0.863. The molecular formula is C20H16O3. The molecule has 0 amide bonds. The van der Waals surface area contributed by atoms with E-state index in [1.165, 1.54) is 6.08 Å². The number of carbonyl (C=O) groups is 1. The second-order valence-electron chi connectivity index (χ2n) is 5.04. The molecule has 0 saturated carbocycles. The van der Waals surface area contributed by atoms with E-state index in [0.29, 0.717) is 5.75 Å². The predicted octanol–water partition coefficient (Wildman–Crippen LogP) is 4.47. The van der Waals surface area contributed by atoms with Crippen LogP contribution in [0.2, 0.25) is 0 Å². The molecule has 0 atom stereocenters. The maximum atomic E-state index is 11.9. The minimum absolute atomic E-state index is 0.414. The maximum absolute atomic E-state index is 11.9. The van der Waals surface area contributed by atoms with Gasteiger partial charge in [0.15, 0.2) is 0 Å². The smallest absolute Gasteiger partial charge is 0.336 e. The number of esters is 1. The van der Waals surface area contributed by atoms with Gasteiger partial charge in [0.05, 0.1) is 7.11 Å². The molecule has 0 spiro atoms. The van der Waals surface area contributed by atoms with E-state index in [-0.39, 0.29) is 0 Å². The molecule has 0 unspecified atom stereocenters. The summed E-state index contributed by atoms with van der Waals surface area (Å²) in [6.07, 6.45) is 3.11. The number of fused-ring (bicyclic) bond motifs is 1. The maximum Gasteiger partial charge on any atom is 0.336 e. The van der Waals surface area contributed by atoms with Gasteiger partial charge in [0.1, 0.15) is 11.5 Å².